The van der Waals surface area contributed by atoms with Crippen LogP contribution < -0.4 is 10.6 Å². The van der Waals surface area contributed by atoms with Crippen molar-refractivity contribution in [3.63, 3.8) is 0 Å². The van der Waals surface area contributed by atoms with E-state index in [1.165, 1.54) is 0 Å². The van der Waals surface area contributed by atoms with Crippen LogP contribution in [-0.2, 0) is 18.9 Å². The predicted molar refractivity (Wildman–Crippen MR) is 93.7 cm³/mol. The molecule has 0 radical (unpaired) electrons. The van der Waals surface area contributed by atoms with E-state index in [0.29, 0.717) is 26.4 Å². The molecule has 204 valence electrons. The Hall–Kier alpha value is -0.220. The summed E-state index contributed by atoms with van der Waals surface area (Å²) >= 11 is 0. The first-order valence-electron chi connectivity index (χ1n) is 8.97. The molecule has 1 aliphatic heterocycles. The summed E-state index contributed by atoms with van der Waals surface area (Å²) in [5.74, 6) is 0. The average molecular weight is 554 g/mol. The molecule has 0 atom stereocenters. The van der Waals surface area contributed by atoms with Crippen molar-refractivity contribution in [3.05, 3.63) is 0 Å². The van der Waals surface area contributed by atoms with E-state index in [2.05, 4.69) is 10.6 Å². The molecule has 0 saturated carbocycles. The summed E-state index contributed by atoms with van der Waals surface area (Å²) in [6.07, 6.45) is 0. The first-order valence-corrected chi connectivity index (χ1v) is 13.0. The van der Waals surface area contributed by atoms with Crippen molar-refractivity contribution in [3.8, 4) is 0 Å². The molecular weight excluding hydrogens is 526 g/mol. The molecule has 1 rings (SSSR count). The molecule has 0 amide bonds. The second-order valence-corrected chi connectivity index (χ2v) is 9.93. The molecule has 0 aromatic carbocycles. The van der Waals surface area contributed by atoms with Gasteiger partial charge in [-0.1, -0.05) is 0 Å². The Morgan fingerprint density at radius 2 is 0.500 bits per heavy atom. The molecule has 0 aliphatic carbocycles. The van der Waals surface area contributed by atoms with Gasteiger partial charge in [0, 0.05) is 0 Å². The van der Waals surface area contributed by atoms with Gasteiger partial charge in [-0.05, 0) is 0 Å². The fourth-order valence-electron chi connectivity index (χ4n) is 1.60. The summed E-state index contributed by atoms with van der Waals surface area (Å²) in [7, 11) is -21.3. The second-order valence-electron chi connectivity index (χ2n) is 6.10. The van der Waals surface area contributed by atoms with Gasteiger partial charge in [0.25, 0.3) is 0 Å². The molecule has 6 nitrogen and oxygen atoms in total. The third-order valence-corrected chi connectivity index (χ3v) is 2.61. The summed E-state index contributed by atoms with van der Waals surface area (Å²) in [5.41, 5.74) is 0. The molecule has 0 bridgehead atoms. The van der Waals surface area contributed by atoms with Crippen molar-refractivity contribution in [2.75, 3.05) is 79.0 Å². The van der Waals surface area contributed by atoms with Crippen LogP contribution in [0.2, 0.25) is 0 Å². The van der Waals surface area contributed by atoms with Gasteiger partial charge >= 0.3 is 66.0 Å². The quantitative estimate of drug-likeness (QED) is 0.352. The van der Waals surface area contributed by atoms with Gasteiger partial charge in [-0.15, -0.1) is 0 Å². The van der Waals surface area contributed by atoms with E-state index in [-0.39, 0.29) is 0 Å². The summed E-state index contributed by atoms with van der Waals surface area (Å²) in [4.78, 5) is 0. The van der Waals surface area contributed by atoms with Gasteiger partial charge in [0.1, 0.15) is 0 Å². The zero-order valence-corrected chi connectivity index (χ0v) is 18.5. The molecule has 1 fully saturated rings. The Morgan fingerprint density at radius 3 is 0.656 bits per heavy atom. The van der Waals surface area contributed by atoms with Crippen LogP contribution in [0.5, 0.6) is 0 Å². The van der Waals surface area contributed by atoms with Crippen LogP contribution in [0.1, 0.15) is 0 Å². The summed E-state index contributed by atoms with van der Waals surface area (Å²) in [6.45, 7) is 9.78. The van der Waals surface area contributed by atoms with Gasteiger partial charge in [-0.3, -0.25) is 0 Å². The van der Waals surface area contributed by atoms with E-state index in [9.17, 15) is 50.4 Å². The number of hydrogen-bond acceptors (Lipinski definition) is 4. The predicted octanol–water partition coefficient (Wildman–Crippen LogP) is 3.96. The van der Waals surface area contributed by atoms with Crippen molar-refractivity contribution >= 4 is 15.6 Å². The number of ether oxygens (including phenoxy) is 4. The van der Waals surface area contributed by atoms with Gasteiger partial charge in [0.2, 0.25) is 0 Å². The molecule has 20 heteroatoms. The Labute approximate surface area is 175 Å². The molecule has 32 heavy (non-hydrogen) atoms. The monoisotopic (exact) mass is 554 g/mol. The molecule has 0 aromatic heterocycles. The molecule has 1 heterocycles. The van der Waals surface area contributed by atoms with Crippen molar-refractivity contribution < 1.29 is 79.9 Å². The normalized spacial score (nSPS) is 23.6. The number of halogens is 12. The van der Waals surface area contributed by atoms with E-state index >= 15 is 0 Å². The molecule has 1 saturated heterocycles. The maximum absolute atomic E-state index is 10.7. The Kier molecular flexibility index (Phi) is 12.7. The van der Waals surface area contributed by atoms with E-state index < -0.39 is 15.6 Å². The van der Waals surface area contributed by atoms with Gasteiger partial charge in [0.15, 0.2) is 0 Å². The van der Waals surface area contributed by atoms with Crippen LogP contribution in [0.25, 0.3) is 0 Å². The zero-order valence-electron chi connectivity index (χ0n) is 16.7. The van der Waals surface area contributed by atoms with Gasteiger partial charge in [-0.25, -0.2) is 0 Å². The standard InChI is InChI=1S/C12H26N2O4.2F6P/c1-5-15-9-10-17-7-3-14-4-8-18-12-11-16-6-2-13-1;2*1-7(2,3,4,5)6/h13-14H,1-12H2;;/q;2*-1/p+2. The third-order valence-electron chi connectivity index (χ3n) is 2.61. The van der Waals surface area contributed by atoms with Crippen LogP contribution in [0.3, 0.4) is 0 Å². The Balaban J connectivity index is 0. The van der Waals surface area contributed by atoms with Crippen LogP contribution in [0, 0.1) is 0 Å². The van der Waals surface area contributed by atoms with Crippen LogP contribution >= 0.6 is 15.6 Å². The van der Waals surface area contributed by atoms with Crippen molar-refractivity contribution in [2.24, 2.45) is 0 Å². The number of rotatable bonds is 0. The van der Waals surface area contributed by atoms with E-state index in [0.717, 1.165) is 52.6 Å². The van der Waals surface area contributed by atoms with Crippen molar-refractivity contribution in [2.45, 2.75) is 0 Å². The summed E-state index contributed by atoms with van der Waals surface area (Å²) in [6, 6.07) is 0. The fraction of sp³-hybridized carbons (Fsp3) is 1.00. The maximum atomic E-state index is 9.87. The molecule has 1 aliphatic rings. The van der Waals surface area contributed by atoms with Gasteiger partial charge in [-0.2, -0.15) is 0 Å². The Bertz CT molecular complexity index is 376. The SMILES string of the molecule is C1COCCOCC[NH2+]CCOCCOCC[NH2+]1.F[P-](F)(F)(F)(F)F.F[P-](F)(F)(F)(F)F. The number of hydrogen-bond donors (Lipinski definition) is 2. The fourth-order valence-corrected chi connectivity index (χ4v) is 1.60. The van der Waals surface area contributed by atoms with Gasteiger partial charge in [0.05, 0.1) is 79.0 Å². The topological polar surface area (TPSA) is 70.1 Å². The molecular formula is C12H28F12N2O4P2. The third kappa shape index (κ3) is 78.0. The molecule has 0 aromatic rings. The van der Waals surface area contributed by atoms with Crippen molar-refractivity contribution in [1.29, 1.82) is 0 Å². The van der Waals surface area contributed by atoms with Gasteiger partial charge < -0.3 is 29.6 Å². The molecule has 0 unspecified atom stereocenters. The average Bonchev–Trinajstić information content (AvgIpc) is 2.49. The summed E-state index contributed by atoms with van der Waals surface area (Å²) < 4.78 is 140. The second kappa shape index (κ2) is 12.0. The van der Waals surface area contributed by atoms with Crippen molar-refractivity contribution in [1.82, 2.24) is 0 Å². The van der Waals surface area contributed by atoms with Crippen LogP contribution in [0.15, 0.2) is 0 Å². The first-order chi connectivity index (χ1) is 13.9. The van der Waals surface area contributed by atoms with E-state index in [1.807, 2.05) is 0 Å². The first kappa shape index (κ1) is 34.0. The summed E-state index contributed by atoms with van der Waals surface area (Å²) in [5, 5.41) is 4.42. The zero-order chi connectivity index (χ0) is 25.5. The number of quaternary nitrogens is 2. The van der Waals surface area contributed by atoms with Crippen LogP contribution in [0.4, 0.5) is 50.4 Å². The molecule has 0 spiro atoms. The van der Waals surface area contributed by atoms with Crippen LogP contribution in [-0.4, -0.2) is 79.0 Å². The van der Waals surface area contributed by atoms with E-state index in [4.69, 9.17) is 18.9 Å². The minimum atomic E-state index is -10.7. The van der Waals surface area contributed by atoms with E-state index in [1.54, 1.807) is 0 Å². The minimum absolute atomic E-state index is 0.688. The molecule has 4 N–H and O–H groups in total. The number of nitrogens with two attached hydrogens (primary N) is 2. The Morgan fingerprint density at radius 1 is 0.344 bits per heavy atom.